The van der Waals surface area contributed by atoms with E-state index in [2.05, 4.69) is 16.5 Å². The Morgan fingerprint density at radius 3 is 2.65 bits per heavy atom. The van der Waals surface area contributed by atoms with Crippen molar-refractivity contribution in [1.82, 2.24) is 13.9 Å². The van der Waals surface area contributed by atoms with E-state index in [1.54, 1.807) is 11.4 Å². The summed E-state index contributed by atoms with van der Waals surface area (Å²) >= 11 is 0. The SMILES string of the molecule is CCCS(=O)(=O)N1CCC(Cc2ncc(C)n2CCOC)CC1. The van der Waals surface area contributed by atoms with Crippen molar-refractivity contribution in [1.29, 1.82) is 0 Å². The Bertz CT molecular complexity index is 590. The summed E-state index contributed by atoms with van der Waals surface area (Å²) < 4.78 is 33.3. The number of ether oxygens (including phenoxy) is 1. The molecule has 1 saturated heterocycles. The maximum atomic E-state index is 12.1. The van der Waals surface area contributed by atoms with E-state index >= 15 is 0 Å². The molecule has 23 heavy (non-hydrogen) atoms. The van der Waals surface area contributed by atoms with Crippen molar-refractivity contribution in [3.05, 3.63) is 17.7 Å². The van der Waals surface area contributed by atoms with Crippen molar-refractivity contribution < 1.29 is 13.2 Å². The van der Waals surface area contributed by atoms with Crippen LogP contribution in [-0.4, -0.2) is 54.8 Å². The molecule has 1 aliphatic rings. The van der Waals surface area contributed by atoms with Crippen molar-refractivity contribution in [2.24, 2.45) is 5.92 Å². The number of aryl methyl sites for hydroxylation is 1. The van der Waals surface area contributed by atoms with E-state index in [0.29, 0.717) is 32.0 Å². The molecule has 0 aliphatic carbocycles. The standard InChI is InChI=1S/C16H29N3O3S/c1-4-11-23(20,21)18-7-5-15(6-8-18)12-16-17-13-14(2)19(16)9-10-22-3/h13,15H,4-12H2,1-3H3. The quantitative estimate of drug-likeness (QED) is 0.722. The van der Waals surface area contributed by atoms with Crippen molar-refractivity contribution in [2.45, 2.75) is 46.1 Å². The maximum absolute atomic E-state index is 12.1. The van der Waals surface area contributed by atoms with Crippen LogP contribution in [0.1, 0.15) is 37.7 Å². The van der Waals surface area contributed by atoms with Crippen LogP contribution in [0, 0.1) is 12.8 Å². The van der Waals surface area contributed by atoms with Gasteiger partial charge in [0.05, 0.1) is 12.4 Å². The Morgan fingerprint density at radius 1 is 1.35 bits per heavy atom. The largest absolute Gasteiger partial charge is 0.383 e. The first-order valence-corrected chi connectivity index (χ1v) is 10.1. The van der Waals surface area contributed by atoms with Crippen LogP contribution < -0.4 is 0 Å². The van der Waals surface area contributed by atoms with Crippen molar-refractivity contribution in [3.8, 4) is 0 Å². The Kier molecular flexibility index (Phi) is 6.61. The number of imidazole rings is 1. The first-order chi connectivity index (χ1) is 11.0. The van der Waals surface area contributed by atoms with Gasteiger partial charge in [0.25, 0.3) is 0 Å². The Morgan fingerprint density at radius 2 is 2.04 bits per heavy atom. The molecule has 1 aromatic heterocycles. The van der Waals surface area contributed by atoms with Gasteiger partial charge in [-0.1, -0.05) is 6.92 Å². The minimum Gasteiger partial charge on any atom is -0.383 e. The topological polar surface area (TPSA) is 64.4 Å². The zero-order chi connectivity index (χ0) is 16.9. The van der Waals surface area contributed by atoms with Gasteiger partial charge >= 0.3 is 0 Å². The number of hydrogen-bond acceptors (Lipinski definition) is 4. The molecule has 132 valence electrons. The first kappa shape index (κ1) is 18.4. The van der Waals surface area contributed by atoms with Crippen LogP contribution in [0.2, 0.25) is 0 Å². The lowest BCUT2D eigenvalue weighted by atomic mass is 9.94. The predicted octanol–water partition coefficient (Wildman–Crippen LogP) is 1.83. The van der Waals surface area contributed by atoms with Crippen LogP contribution in [0.4, 0.5) is 0 Å². The lowest BCUT2D eigenvalue weighted by Gasteiger charge is -2.31. The number of hydrogen-bond donors (Lipinski definition) is 0. The number of nitrogens with zero attached hydrogens (tertiary/aromatic N) is 3. The fourth-order valence-corrected chi connectivity index (χ4v) is 4.74. The molecule has 1 fully saturated rings. The zero-order valence-corrected chi connectivity index (χ0v) is 15.3. The fraction of sp³-hybridized carbons (Fsp3) is 0.812. The van der Waals surface area contributed by atoms with Gasteiger partial charge in [-0.3, -0.25) is 0 Å². The lowest BCUT2D eigenvalue weighted by molar-refractivity contribution is 0.184. The first-order valence-electron chi connectivity index (χ1n) is 8.45. The van der Waals surface area contributed by atoms with Crippen LogP contribution in [0.3, 0.4) is 0 Å². The minimum atomic E-state index is -3.05. The Hall–Kier alpha value is -0.920. The van der Waals surface area contributed by atoms with Gasteiger partial charge < -0.3 is 9.30 Å². The number of rotatable bonds is 8. The van der Waals surface area contributed by atoms with Crippen LogP contribution in [0.5, 0.6) is 0 Å². The smallest absolute Gasteiger partial charge is 0.214 e. The maximum Gasteiger partial charge on any atom is 0.214 e. The predicted molar refractivity (Wildman–Crippen MR) is 90.9 cm³/mol. The summed E-state index contributed by atoms with van der Waals surface area (Å²) in [6, 6.07) is 0. The molecular formula is C16H29N3O3S. The lowest BCUT2D eigenvalue weighted by Crippen LogP contribution is -2.40. The average molecular weight is 343 g/mol. The molecule has 2 heterocycles. The van der Waals surface area contributed by atoms with Crippen LogP contribution in [0.15, 0.2) is 6.20 Å². The van der Waals surface area contributed by atoms with E-state index in [0.717, 1.165) is 37.3 Å². The van der Waals surface area contributed by atoms with Gasteiger partial charge in [-0.25, -0.2) is 17.7 Å². The zero-order valence-electron chi connectivity index (χ0n) is 14.5. The monoisotopic (exact) mass is 343 g/mol. The van der Waals surface area contributed by atoms with Crippen LogP contribution in [0.25, 0.3) is 0 Å². The highest BCUT2D eigenvalue weighted by atomic mass is 32.2. The second kappa shape index (κ2) is 8.26. The average Bonchev–Trinajstić information content (AvgIpc) is 2.86. The molecule has 0 atom stereocenters. The molecule has 0 unspecified atom stereocenters. The third kappa shape index (κ3) is 4.78. The minimum absolute atomic E-state index is 0.262. The van der Waals surface area contributed by atoms with Gasteiger partial charge in [0.2, 0.25) is 10.0 Å². The van der Waals surface area contributed by atoms with Crippen molar-refractivity contribution in [2.75, 3.05) is 32.6 Å². The van der Waals surface area contributed by atoms with Gasteiger partial charge in [-0.15, -0.1) is 0 Å². The Balaban J connectivity index is 1.92. The van der Waals surface area contributed by atoms with E-state index in [1.807, 2.05) is 13.1 Å². The van der Waals surface area contributed by atoms with Gasteiger partial charge in [0.1, 0.15) is 5.82 Å². The normalized spacial score (nSPS) is 17.7. The summed E-state index contributed by atoms with van der Waals surface area (Å²) in [6.07, 6.45) is 5.34. The summed E-state index contributed by atoms with van der Waals surface area (Å²) in [5, 5.41) is 0. The molecule has 0 spiro atoms. The van der Waals surface area contributed by atoms with Gasteiger partial charge in [-0.05, 0) is 32.1 Å². The number of piperidine rings is 1. The molecule has 0 aromatic carbocycles. The highest BCUT2D eigenvalue weighted by molar-refractivity contribution is 7.89. The van der Waals surface area contributed by atoms with Crippen LogP contribution in [-0.2, 0) is 27.7 Å². The molecular weight excluding hydrogens is 314 g/mol. The number of sulfonamides is 1. The second-order valence-electron chi connectivity index (χ2n) is 6.32. The molecule has 1 aromatic rings. The summed E-state index contributed by atoms with van der Waals surface area (Å²) in [6.45, 7) is 6.76. The molecule has 6 nitrogen and oxygen atoms in total. The van der Waals surface area contributed by atoms with Gasteiger partial charge in [0.15, 0.2) is 0 Å². The van der Waals surface area contributed by atoms with E-state index in [9.17, 15) is 8.42 Å². The molecule has 0 amide bonds. The van der Waals surface area contributed by atoms with Crippen molar-refractivity contribution in [3.63, 3.8) is 0 Å². The van der Waals surface area contributed by atoms with E-state index in [-0.39, 0.29) is 5.75 Å². The fourth-order valence-electron chi connectivity index (χ4n) is 3.20. The molecule has 0 bridgehead atoms. The summed E-state index contributed by atoms with van der Waals surface area (Å²) in [4.78, 5) is 4.54. The van der Waals surface area contributed by atoms with Gasteiger partial charge in [0, 0.05) is 45.1 Å². The van der Waals surface area contributed by atoms with E-state index in [1.165, 1.54) is 0 Å². The Labute approximate surface area is 139 Å². The summed E-state index contributed by atoms with van der Waals surface area (Å²) in [7, 11) is -1.34. The summed E-state index contributed by atoms with van der Waals surface area (Å²) in [5.41, 5.74) is 1.15. The molecule has 0 saturated carbocycles. The number of aromatic nitrogens is 2. The summed E-state index contributed by atoms with van der Waals surface area (Å²) in [5.74, 6) is 1.86. The number of methoxy groups -OCH3 is 1. The highest BCUT2D eigenvalue weighted by Gasteiger charge is 2.28. The van der Waals surface area contributed by atoms with E-state index < -0.39 is 10.0 Å². The third-order valence-electron chi connectivity index (χ3n) is 4.56. The molecule has 0 radical (unpaired) electrons. The molecule has 1 aliphatic heterocycles. The van der Waals surface area contributed by atoms with E-state index in [4.69, 9.17) is 4.74 Å². The molecule has 0 N–H and O–H groups in total. The highest BCUT2D eigenvalue weighted by Crippen LogP contribution is 2.23. The molecule has 7 heteroatoms. The third-order valence-corrected chi connectivity index (χ3v) is 6.63. The molecule has 2 rings (SSSR count). The van der Waals surface area contributed by atoms with Crippen LogP contribution >= 0.6 is 0 Å². The van der Waals surface area contributed by atoms with Crippen molar-refractivity contribution >= 4 is 10.0 Å². The second-order valence-corrected chi connectivity index (χ2v) is 8.41. The van der Waals surface area contributed by atoms with Gasteiger partial charge in [-0.2, -0.15) is 0 Å².